The molecule has 0 aliphatic carbocycles. The molecule has 0 heterocycles. The van der Waals surface area contributed by atoms with E-state index in [0.29, 0.717) is 0 Å². The lowest BCUT2D eigenvalue weighted by molar-refractivity contribution is -0.147. The molecule has 0 aliphatic rings. The molecule has 0 bridgehead atoms. The third-order valence-electron chi connectivity index (χ3n) is 0.302. The van der Waals surface area contributed by atoms with Crippen LogP contribution in [0.5, 0.6) is 0 Å². The molecule has 0 fully saturated rings. The number of carbonyl (C=O) groups is 2. The van der Waals surface area contributed by atoms with Crippen molar-refractivity contribution in [2.45, 2.75) is 18.4 Å². The maximum Gasteiger partial charge on any atom is 1.41 e. The molecule has 0 unspecified atom stereocenters. The Balaban J connectivity index is -0.000000137. The minimum Gasteiger partial charge on any atom is -0.481 e. The number of hydrogen-bond acceptors (Lipinski definition) is 3. The van der Waals surface area contributed by atoms with Crippen LogP contribution >= 0.6 is 0 Å². The summed E-state index contributed by atoms with van der Waals surface area (Å²) in [4.78, 5) is 18.9. The van der Waals surface area contributed by atoms with Crippen molar-refractivity contribution in [3.05, 3.63) is 0 Å². The molecule has 7 radical (unpaired) electrons. The van der Waals surface area contributed by atoms with Crippen molar-refractivity contribution in [3.63, 3.8) is 0 Å². The molecule has 3 N–H and O–H groups in total. The quantitative estimate of drug-likeness (QED) is 0.411. The van der Waals surface area contributed by atoms with E-state index in [9.17, 15) is 9.59 Å². The summed E-state index contributed by atoms with van der Waals surface area (Å²) in [5.74, 6) is -2.62. The molecule has 0 rings (SSSR count). The molecular formula is C6H13MgO5+2. The minimum absolute atomic E-state index is 0.250. The second-order valence-electron chi connectivity index (χ2n) is 1.28. The van der Waals surface area contributed by atoms with Gasteiger partial charge in [0.15, 0.2) is 0 Å². The highest BCUT2D eigenvalue weighted by Crippen LogP contribution is 1.74. The summed E-state index contributed by atoms with van der Waals surface area (Å²) in [5.41, 5.74) is 0. The largest absolute Gasteiger partial charge is 1.41 e. The third kappa shape index (κ3) is 54.0. The molecule has 12 heavy (non-hydrogen) atoms. The predicted molar refractivity (Wildman–Crippen MR) is 44.3 cm³/mol. The lowest BCUT2D eigenvalue weighted by Crippen LogP contribution is -2.03. The number of aliphatic hydroxyl groups is 1. The first-order chi connectivity index (χ1) is 5.54. The van der Waals surface area contributed by atoms with Gasteiger partial charge in [0.1, 0.15) is 6.42 Å². The first-order valence-electron chi connectivity index (χ1n) is 3.29. The highest BCUT2D eigenvalue weighted by Gasteiger charge is 2.01. The highest BCUT2D eigenvalue weighted by atomic mass is 24.4. The Kier molecular flexibility index (Phi) is 25.0. The van der Waals surface area contributed by atoms with E-state index in [1.54, 1.807) is 6.92 Å². The maximum absolute atomic E-state index is 9.43. The van der Waals surface area contributed by atoms with Crippen molar-refractivity contribution < 1.29 is 24.9 Å². The molecule has 0 saturated heterocycles. The Morgan fingerprint density at radius 3 is 1.33 bits per heavy atom. The van der Waals surface area contributed by atoms with Gasteiger partial charge in [-0.05, 0) is 6.92 Å². The molecule has 0 saturated carbocycles. The van der Waals surface area contributed by atoms with Gasteiger partial charge in [0.2, 0.25) is 0 Å². The summed E-state index contributed by atoms with van der Waals surface area (Å²) < 4.78 is 0. The van der Waals surface area contributed by atoms with Crippen molar-refractivity contribution in [1.29, 1.82) is 0 Å². The maximum atomic E-state index is 9.43. The Morgan fingerprint density at radius 1 is 1.17 bits per heavy atom. The van der Waals surface area contributed by atoms with Gasteiger partial charge in [-0.2, -0.15) is 0 Å². The molecule has 5 nitrogen and oxygen atoms in total. The summed E-state index contributed by atoms with van der Waals surface area (Å²) in [5, 5.41) is 25.0. The molecular weight excluding hydrogens is 176 g/mol. The van der Waals surface area contributed by atoms with Crippen LogP contribution in [0.25, 0.3) is 0 Å². The Morgan fingerprint density at radius 2 is 1.33 bits per heavy atom. The normalized spacial score (nSPS) is 6.67. The molecule has 0 aromatic carbocycles. The molecule has 0 amide bonds. The molecule has 0 aliphatic heterocycles. The number of aliphatic carboxylic acids is 2. The van der Waals surface area contributed by atoms with Gasteiger partial charge in [-0.3, -0.25) is 9.59 Å². The van der Waals surface area contributed by atoms with E-state index in [0.717, 1.165) is 0 Å². The Labute approximate surface area is 83.8 Å². The third-order valence-corrected chi connectivity index (χ3v) is 0.302. The number of rotatable bonds is 2. The standard InChI is InChI=1S/C3H4O4.C2H6O.CH3.Mg/c4-2(5)1-3(6)7;1-2-3;;/h1H2,(H,4,5)(H,6,7);3H,2H2,1H3;1H3;/q;;;+2. The van der Waals surface area contributed by atoms with E-state index in [4.69, 9.17) is 15.3 Å². The second-order valence-corrected chi connectivity index (χ2v) is 1.28. The van der Waals surface area contributed by atoms with Crippen LogP contribution in [0.3, 0.4) is 0 Å². The lowest BCUT2D eigenvalue weighted by Gasteiger charge is -1.80. The minimum atomic E-state index is -1.31. The molecule has 6 heteroatoms. The average molecular weight is 189 g/mol. The topological polar surface area (TPSA) is 94.8 Å². The van der Waals surface area contributed by atoms with Gasteiger partial charge >= 0.3 is 33.6 Å². The summed E-state index contributed by atoms with van der Waals surface area (Å²) in [6.45, 7) is 1.93. The second kappa shape index (κ2) is 17.0. The van der Waals surface area contributed by atoms with E-state index in [-0.39, 0.29) is 6.61 Å². The van der Waals surface area contributed by atoms with Crippen LogP contribution in [0.15, 0.2) is 0 Å². The van der Waals surface area contributed by atoms with E-state index in [1.165, 1.54) is 0 Å². The smallest absolute Gasteiger partial charge is 0.481 e. The van der Waals surface area contributed by atoms with Crippen LogP contribution in [0, 0.1) is 0 Å². The summed E-state index contributed by atoms with van der Waals surface area (Å²) in [7, 11) is 0. The fraction of sp³-hybridized carbons (Fsp3) is 0.667. The summed E-state index contributed by atoms with van der Waals surface area (Å²) >= 11 is 1.86. The molecule has 0 aromatic rings. The van der Waals surface area contributed by atoms with Crippen molar-refractivity contribution in [2.75, 3.05) is 6.61 Å². The van der Waals surface area contributed by atoms with E-state index in [1.807, 2.05) is 26.8 Å². The fourth-order valence-corrected chi connectivity index (χ4v) is 0.129. The summed E-state index contributed by atoms with van der Waals surface area (Å²) in [6, 6.07) is 0. The Hall–Kier alpha value is -0.334. The van der Waals surface area contributed by atoms with Crippen molar-refractivity contribution in [3.8, 4) is 0 Å². The number of carboxylic acid groups (broad SMARTS) is 2. The highest BCUT2D eigenvalue weighted by molar-refractivity contribution is 6.05. The SMILES string of the molecule is CCO.O=C(O)CC(=O)O.[CH3][Mg+2]. The van der Waals surface area contributed by atoms with Crippen LogP contribution in [-0.4, -0.2) is 55.6 Å². The zero-order valence-corrected chi connectivity index (χ0v) is 8.69. The molecule has 67 valence electrons. The fourth-order valence-electron chi connectivity index (χ4n) is 0.129. The predicted octanol–water partition coefficient (Wildman–Crippen LogP) is -0.253. The number of carboxylic acids is 2. The Bertz CT molecular complexity index is 103. The van der Waals surface area contributed by atoms with Gasteiger partial charge in [0.25, 0.3) is 5.05 Å². The van der Waals surface area contributed by atoms with Crippen molar-refractivity contribution in [1.82, 2.24) is 0 Å². The van der Waals surface area contributed by atoms with Crippen LogP contribution in [0.4, 0.5) is 0 Å². The zero-order valence-electron chi connectivity index (χ0n) is 7.28. The average Bonchev–Trinajstić information content (AvgIpc) is 1.90. The van der Waals surface area contributed by atoms with Crippen LogP contribution < -0.4 is 0 Å². The van der Waals surface area contributed by atoms with Gasteiger partial charge in [0.05, 0.1) is 0 Å². The number of aliphatic hydroxyl groups excluding tert-OH is 1. The molecule has 0 atom stereocenters. The van der Waals surface area contributed by atoms with Crippen molar-refractivity contribution >= 4 is 33.6 Å². The monoisotopic (exact) mass is 189 g/mol. The first kappa shape index (κ1) is 17.7. The van der Waals surface area contributed by atoms with Gasteiger partial charge < -0.3 is 15.3 Å². The van der Waals surface area contributed by atoms with Crippen LogP contribution in [-0.2, 0) is 9.59 Å². The van der Waals surface area contributed by atoms with Gasteiger partial charge in [0, 0.05) is 6.61 Å². The van der Waals surface area contributed by atoms with E-state index < -0.39 is 18.4 Å². The van der Waals surface area contributed by atoms with E-state index >= 15 is 0 Å². The molecule has 0 spiro atoms. The zero-order chi connectivity index (χ0) is 10.6. The summed E-state index contributed by atoms with van der Waals surface area (Å²) in [6.07, 6.45) is -0.806. The van der Waals surface area contributed by atoms with Gasteiger partial charge in [-0.1, -0.05) is 0 Å². The van der Waals surface area contributed by atoms with Crippen LogP contribution in [0.1, 0.15) is 13.3 Å². The number of hydrogen-bond donors (Lipinski definition) is 3. The van der Waals surface area contributed by atoms with Crippen molar-refractivity contribution in [2.24, 2.45) is 0 Å². The van der Waals surface area contributed by atoms with E-state index in [2.05, 4.69) is 0 Å². The first-order valence-corrected chi connectivity index (χ1v) is 4.71. The molecule has 0 aromatic heterocycles. The van der Waals surface area contributed by atoms with Gasteiger partial charge in [-0.15, -0.1) is 0 Å². The lowest BCUT2D eigenvalue weighted by atomic mass is 10.5. The van der Waals surface area contributed by atoms with Crippen LogP contribution in [0.2, 0.25) is 5.05 Å². The van der Waals surface area contributed by atoms with Gasteiger partial charge in [-0.25, -0.2) is 0 Å².